The van der Waals surface area contributed by atoms with Crippen LogP contribution in [0.3, 0.4) is 0 Å². The number of rotatable bonds is 3. The van der Waals surface area contributed by atoms with Crippen molar-refractivity contribution in [2.45, 2.75) is 0 Å². The van der Waals surface area contributed by atoms with Crippen LogP contribution in [-0.4, -0.2) is 5.88 Å². The fraction of sp³-hybridized carbons (Fsp3) is 0.0667. The normalized spacial score (nSPS) is 11.7. The van der Waals surface area contributed by atoms with E-state index >= 15 is 0 Å². The van der Waals surface area contributed by atoms with Crippen molar-refractivity contribution >= 4 is 34.9 Å². The number of alkyl halides is 1. The van der Waals surface area contributed by atoms with Gasteiger partial charge in [-0.25, -0.2) is 8.78 Å². The van der Waals surface area contributed by atoms with Gasteiger partial charge >= 0.3 is 0 Å². The van der Waals surface area contributed by atoms with Gasteiger partial charge in [0, 0.05) is 10.9 Å². The van der Waals surface area contributed by atoms with Gasteiger partial charge in [0.2, 0.25) is 0 Å². The second-order valence-electron chi connectivity index (χ2n) is 3.95. The number of halogens is 4. The predicted octanol–water partition coefficient (Wildman–Crippen LogP) is 5.40. The zero-order valence-electron chi connectivity index (χ0n) is 9.84. The molecule has 2 aromatic rings. The van der Waals surface area contributed by atoms with E-state index in [0.717, 1.165) is 17.7 Å². The molecule has 0 atom stereocenters. The van der Waals surface area contributed by atoms with Crippen LogP contribution >= 0.6 is 23.2 Å². The summed E-state index contributed by atoms with van der Waals surface area (Å²) in [6, 6.07) is 10.9. The Labute approximate surface area is 120 Å². The van der Waals surface area contributed by atoms with Crippen LogP contribution in [0.4, 0.5) is 8.78 Å². The molecule has 4 heteroatoms. The standard InChI is InChI=1S/C15H10Cl2F2/c16-9-12(7-11-3-1-2-4-13(11)17)10-5-6-14(18)15(19)8-10/h1-8H,9H2/b12-7+. The molecule has 0 radical (unpaired) electrons. The van der Waals surface area contributed by atoms with E-state index in [9.17, 15) is 8.78 Å². The van der Waals surface area contributed by atoms with Crippen LogP contribution in [0, 0.1) is 11.6 Å². The Morgan fingerprint density at radius 1 is 1.05 bits per heavy atom. The van der Waals surface area contributed by atoms with Gasteiger partial charge in [0.15, 0.2) is 11.6 Å². The molecular weight excluding hydrogens is 289 g/mol. The molecule has 0 aliphatic rings. The second-order valence-corrected chi connectivity index (χ2v) is 4.63. The summed E-state index contributed by atoms with van der Waals surface area (Å²) < 4.78 is 26.1. The van der Waals surface area contributed by atoms with E-state index in [4.69, 9.17) is 23.2 Å². The number of allylic oxidation sites excluding steroid dienone is 1. The van der Waals surface area contributed by atoms with Crippen LogP contribution in [-0.2, 0) is 0 Å². The average molecular weight is 299 g/mol. The van der Waals surface area contributed by atoms with Gasteiger partial charge in [-0.1, -0.05) is 35.9 Å². The number of hydrogen-bond acceptors (Lipinski definition) is 0. The summed E-state index contributed by atoms with van der Waals surface area (Å²) >= 11 is 11.9. The fourth-order valence-electron chi connectivity index (χ4n) is 1.67. The van der Waals surface area contributed by atoms with E-state index in [1.165, 1.54) is 6.07 Å². The molecule has 0 bridgehead atoms. The van der Waals surface area contributed by atoms with Crippen molar-refractivity contribution in [3.8, 4) is 0 Å². The molecule has 0 heterocycles. The van der Waals surface area contributed by atoms with Crippen LogP contribution in [0.25, 0.3) is 11.6 Å². The molecule has 0 nitrogen and oxygen atoms in total. The molecule has 2 rings (SSSR count). The Morgan fingerprint density at radius 3 is 2.42 bits per heavy atom. The molecule has 0 unspecified atom stereocenters. The number of hydrogen-bond donors (Lipinski definition) is 0. The Morgan fingerprint density at radius 2 is 1.79 bits per heavy atom. The highest BCUT2D eigenvalue weighted by Crippen LogP contribution is 2.25. The van der Waals surface area contributed by atoms with Crippen molar-refractivity contribution < 1.29 is 8.78 Å². The quantitative estimate of drug-likeness (QED) is 0.526. The van der Waals surface area contributed by atoms with Crippen LogP contribution in [0.15, 0.2) is 42.5 Å². The number of benzene rings is 2. The molecule has 0 aliphatic carbocycles. The van der Waals surface area contributed by atoms with Crippen molar-refractivity contribution in [1.82, 2.24) is 0 Å². The first-order chi connectivity index (χ1) is 9.11. The lowest BCUT2D eigenvalue weighted by molar-refractivity contribution is 0.508. The Balaban J connectivity index is 2.45. The van der Waals surface area contributed by atoms with Gasteiger partial charge in [-0.2, -0.15) is 0 Å². The molecule has 0 saturated heterocycles. The lowest BCUT2D eigenvalue weighted by Gasteiger charge is -2.06. The molecule has 19 heavy (non-hydrogen) atoms. The molecule has 0 spiro atoms. The van der Waals surface area contributed by atoms with E-state index in [0.29, 0.717) is 16.2 Å². The van der Waals surface area contributed by atoms with E-state index in [1.807, 2.05) is 18.2 Å². The first kappa shape index (κ1) is 14.0. The highest BCUT2D eigenvalue weighted by atomic mass is 35.5. The third-order valence-corrected chi connectivity index (χ3v) is 3.30. The van der Waals surface area contributed by atoms with Crippen molar-refractivity contribution in [3.63, 3.8) is 0 Å². The van der Waals surface area contributed by atoms with Crippen LogP contribution in [0.2, 0.25) is 5.02 Å². The molecule has 0 amide bonds. The molecule has 0 aromatic heterocycles. The highest BCUT2D eigenvalue weighted by Gasteiger charge is 2.07. The predicted molar refractivity (Wildman–Crippen MR) is 76.4 cm³/mol. The molecule has 0 aliphatic heterocycles. The maximum absolute atomic E-state index is 13.2. The lowest BCUT2D eigenvalue weighted by Crippen LogP contribution is -1.91. The van der Waals surface area contributed by atoms with E-state index in [2.05, 4.69) is 0 Å². The van der Waals surface area contributed by atoms with Gasteiger partial charge in [0.05, 0.1) is 0 Å². The minimum absolute atomic E-state index is 0.177. The van der Waals surface area contributed by atoms with Crippen molar-refractivity contribution in [2.75, 3.05) is 5.88 Å². The second kappa shape index (κ2) is 6.18. The van der Waals surface area contributed by atoms with Crippen LogP contribution < -0.4 is 0 Å². The molecule has 0 saturated carbocycles. The molecular formula is C15H10Cl2F2. The lowest BCUT2D eigenvalue weighted by atomic mass is 10.0. The van der Waals surface area contributed by atoms with Gasteiger partial charge in [0.25, 0.3) is 0 Å². The van der Waals surface area contributed by atoms with Gasteiger partial charge in [-0.05, 0) is 41.0 Å². The average Bonchev–Trinajstić information content (AvgIpc) is 2.41. The van der Waals surface area contributed by atoms with Crippen LogP contribution in [0.5, 0.6) is 0 Å². The fourth-order valence-corrected chi connectivity index (χ4v) is 2.10. The van der Waals surface area contributed by atoms with Gasteiger partial charge in [-0.3, -0.25) is 0 Å². The molecule has 2 aromatic carbocycles. The molecule has 98 valence electrons. The zero-order valence-corrected chi connectivity index (χ0v) is 11.3. The van der Waals surface area contributed by atoms with Gasteiger partial charge < -0.3 is 0 Å². The van der Waals surface area contributed by atoms with E-state index in [1.54, 1.807) is 12.1 Å². The van der Waals surface area contributed by atoms with Crippen molar-refractivity contribution in [1.29, 1.82) is 0 Å². The van der Waals surface area contributed by atoms with Crippen molar-refractivity contribution in [2.24, 2.45) is 0 Å². The monoisotopic (exact) mass is 298 g/mol. The smallest absolute Gasteiger partial charge is 0.159 e. The minimum atomic E-state index is -0.896. The van der Waals surface area contributed by atoms with Gasteiger partial charge in [0.1, 0.15) is 0 Å². The van der Waals surface area contributed by atoms with Gasteiger partial charge in [-0.15, -0.1) is 11.6 Å². The summed E-state index contributed by atoms with van der Waals surface area (Å²) in [5.74, 6) is -1.60. The first-order valence-corrected chi connectivity index (χ1v) is 6.49. The first-order valence-electron chi connectivity index (χ1n) is 5.58. The molecule has 0 fully saturated rings. The topological polar surface area (TPSA) is 0 Å². The Hall–Kier alpha value is -1.38. The maximum atomic E-state index is 13.2. The summed E-state index contributed by atoms with van der Waals surface area (Å²) in [4.78, 5) is 0. The Kier molecular flexibility index (Phi) is 4.56. The highest BCUT2D eigenvalue weighted by molar-refractivity contribution is 6.32. The molecule has 0 N–H and O–H groups in total. The summed E-state index contributed by atoms with van der Waals surface area (Å²) in [5.41, 5.74) is 1.99. The summed E-state index contributed by atoms with van der Waals surface area (Å²) in [6.07, 6.45) is 1.77. The Bertz CT molecular complexity index is 621. The SMILES string of the molecule is Fc1ccc(/C(=C/c2ccccc2Cl)CCl)cc1F. The summed E-state index contributed by atoms with van der Waals surface area (Å²) in [7, 11) is 0. The third-order valence-electron chi connectivity index (χ3n) is 2.67. The third kappa shape index (κ3) is 3.34. The minimum Gasteiger partial charge on any atom is -0.204 e. The van der Waals surface area contributed by atoms with Crippen molar-refractivity contribution in [3.05, 3.63) is 70.2 Å². The maximum Gasteiger partial charge on any atom is 0.159 e. The largest absolute Gasteiger partial charge is 0.204 e. The van der Waals surface area contributed by atoms with E-state index in [-0.39, 0.29) is 5.88 Å². The van der Waals surface area contributed by atoms with E-state index < -0.39 is 11.6 Å². The van der Waals surface area contributed by atoms with Crippen LogP contribution in [0.1, 0.15) is 11.1 Å². The summed E-state index contributed by atoms with van der Waals surface area (Å²) in [6.45, 7) is 0. The zero-order chi connectivity index (χ0) is 13.8. The summed E-state index contributed by atoms with van der Waals surface area (Å²) in [5, 5.41) is 0.577.